The van der Waals surface area contributed by atoms with Crippen LogP contribution in [0.1, 0.15) is 128 Å². The molecule has 16 heteroatoms. The number of fused-ring (bicyclic) bond motifs is 2. The average Bonchev–Trinajstić information content (AvgIpc) is 3.78. The number of aromatic nitrogens is 4. The molecule has 0 fully saturated rings. The van der Waals surface area contributed by atoms with Crippen LogP contribution in [0.25, 0.3) is 34.7 Å². The first-order chi connectivity index (χ1) is 29.9. The van der Waals surface area contributed by atoms with Crippen LogP contribution in [0.2, 0.25) is 20.1 Å². The molecule has 0 spiro atoms. The van der Waals surface area contributed by atoms with Crippen LogP contribution in [0.15, 0.2) is 84.9 Å². The first-order valence-electron chi connectivity index (χ1n) is 20.4. The molecule has 2 aromatic heterocycles. The Balaban J connectivity index is 0.000000331. The molecule has 2 aliphatic rings. The summed E-state index contributed by atoms with van der Waals surface area (Å²) in [4.78, 5) is 24.8. The van der Waals surface area contributed by atoms with Crippen molar-refractivity contribution in [3.05, 3.63) is 162 Å². The molecule has 0 saturated heterocycles. The summed E-state index contributed by atoms with van der Waals surface area (Å²) in [5.41, 5.74) is 8.32. The Morgan fingerprint density at radius 1 is 0.636 bits per heavy atom. The number of aromatic carboxylic acids is 1. The second-order valence-electron chi connectivity index (χ2n) is 15.0. The molecule has 8 rings (SSSR count). The number of carboxylic acid groups (broad SMARTS) is 1. The largest absolute Gasteiger partial charge is 1.00 e. The number of esters is 1. The Labute approximate surface area is 416 Å². The van der Waals surface area contributed by atoms with Crippen LogP contribution in [0.3, 0.4) is 0 Å². The summed E-state index contributed by atoms with van der Waals surface area (Å²) in [6, 6.07) is 22.8. The van der Waals surface area contributed by atoms with Gasteiger partial charge in [0.15, 0.2) is 11.4 Å². The number of carbonyl (C=O) groups excluding carboxylic acids is 1. The summed E-state index contributed by atoms with van der Waals surface area (Å²) < 4.78 is 35.4. The number of carbonyl (C=O) groups is 2. The van der Waals surface area contributed by atoms with Gasteiger partial charge >= 0.3 is 30.8 Å². The number of hydrogen-bond acceptors (Lipinski definition) is 6. The number of benzene rings is 4. The van der Waals surface area contributed by atoms with Gasteiger partial charge in [0.25, 0.3) is 0 Å². The molecule has 66 heavy (non-hydrogen) atoms. The fourth-order valence-electron chi connectivity index (χ4n) is 7.85. The molecular formula is C50H51Cl4F2LiN4O5. The minimum atomic E-state index is -1.07. The van der Waals surface area contributed by atoms with Crippen molar-refractivity contribution < 1.29 is 52.6 Å². The Kier molecular flexibility index (Phi) is 21.4. The maximum absolute atomic E-state index is 13.4. The van der Waals surface area contributed by atoms with Crippen LogP contribution in [0.5, 0.6) is 0 Å². The molecule has 0 unspecified atom stereocenters. The third kappa shape index (κ3) is 13.0. The second-order valence-corrected chi connectivity index (χ2v) is 16.6. The van der Waals surface area contributed by atoms with Crippen LogP contribution < -0.4 is 18.9 Å². The number of rotatable bonds is 7. The number of allylic oxidation sites excluding steroid dienone is 2. The van der Waals surface area contributed by atoms with E-state index in [0.29, 0.717) is 55.6 Å². The molecule has 9 nitrogen and oxygen atoms in total. The second kappa shape index (κ2) is 25.4. The maximum atomic E-state index is 13.4. The zero-order valence-electron chi connectivity index (χ0n) is 35.2. The van der Waals surface area contributed by atoms with E-state index in [1.54, 1.807) is 77.0 Å². The van der Waals surface area contributed by atoms with E-state index in [-0.39, 0.29) is 63.1 Å². The third-order valence-electron chi connectivity index (χ3n) is 10.7. The summed E-state index contributed by atoms with van der Waals surface area (Å²) >= 11 is 25.1. The molecule has 0 radical (unpaired) electrons. The van der Waals surface area contributed by atoms with Gasteiger partial charge in [-0.2, -0.15) is 10.2 Å². The molecule has 0 atom stereocenters. The minimum absolute atomic E-state index is 0. The van der Waals surface area contributed by atoms with Crippen molar-refractivity contribution in [1.29, 1.82) is 0 Å². The minimum Gasteiger partial charge on any atom is -0.870 e. The van der Waals surface area contributed by atoms with Crippen molar-refractivity contribution in [3.8, 4) is 11.4 Å². The topological polar surface area (TPSA) is 129 Å². The summed E-state index contributed by atoms with van der Waals surface area (Å²) in [6.45, 7) is 2.04. The monoisotopic (exact) mass is 972 g/mol. The molecule has 0 aliphatic heterocycles. The zero-order valence-corrected chi connectivity index (χ0v) is 38.2. The Hall–Kier alpha value is -4.70. The van der Waals surface area contributed by atoms with Crippen LogP contribution in [0, 0.1) is 11.6 Å². The fourth-order valence-corrected chi connectivity index (χ4v) is 8.83. The zero-order chi connectivity index (χ0) is 43.9. The molecule has 0 saturated carbocycles. The molecule has 0 bridgehead atoms. The van der Waals surface area contributed by atoms with Gasteiger partial charge in [-0.05, 0) is 153 Å². The van der Waals surface area contributed by atoms with Gasteiger partial charge in [0, 0.05) is 21.2 Å². The number of nitrogens with zero attached hydrogens (tertiary/aromatic N) is 4. The van der Waals surface area contributed by atoms with E-state index in [1.807, 2.05) is 12.2 Å². The van der Waals surface area contributed by atoms with Crippen molar-refractivity contribution >= 4 is 81.6 Å². The average molecular weight is 975 g/mol. The third-order valence-corrected chi connectivity index (χ3v) is 11.8. The molecule has 4 aromatic carbocycles. The van der Waals surface area contributed by atoms with Crippen molar-refractivity contribution in [2.45, 2.75) is 86.0 Å². The fraction of sp³-hybridized carbons (Fsp3) is 0.280. The van der Waals surface area contributed by atoms with Crippen LogP contribution >= 0.6 is 46.4 Å². The quantitative estimate of drug-likeness (QED) is 0.125. The molecule has 2 aliphatic carbocycles. The van der Waals surface area contributed by atoms with Gasteiger partial charge in [0.1, 0.15) is 11.6 Å². The Bertz CT molecular complexity index is 2680. The Morgan fingerprint density at radius 3 is 1.42 bits per heavy atom. The van der Waals surface area contributed by atoms with E-state index in [0.717, 1.165) is 90.6 Å². The molecule has 6 aromatic rings. The van der Waals surface area contributed by atoms with Gasteiger partial charge in [0.2, 0.25) is 0 Å². The van der Waals surface area contributed by atoms with Gasteiger partial charge in [-0.25, -0.2) is 27.7 Å². The normalized spacial score (nSPS) is 14.4. The predicted octanol–water partition coefficient (Wildman–Crippen LogP) is 11.9. The van der Waals surface area contributed by atoms with E-state index in [4.69, 9.17) is 51.1 Å². The SMILES string of the molecule is C.C.CCOC(=O)c1nn(-c2ccc(Cl)cc2Cl)c2c1CCCCC/C2=C\c1ccc(F)cc1.O=C(O)c1nn(-c2ccc(Cl)cc2Cl)c2c1CCCCC/C2=C\c1ccc(F)cc1.[Li+].[OH-]. The van der Waals surface area contributed by atoms with E-state index < -0.39 is 11.9 Å². The van der Waals surface area contributed by atoms with Crippen molar-refractivity contribution in [2.24, 2.45) is 0 Å². The van der Waals surface area contributed by atoms with Crippen LogP contribution in [0.4, 0.5) is 8.78 Å². The van der Waals surface area contributed by atoms with E-state index in [9.17, 15) is 23.5 Å². The molecule has 344 valence electrons. The first kappa shape index (κ1) is 55.6. The van der Waals surface area contributed by atoms with Crippen LogP contribution in [-0.2, 0) is 17.6 Å². The predicted molar refractivity (Wildman–Crippen MR) is 258 cm³/mol. The smallest absolute Gasteiger partial charge is 0.870 e. The summed E-state index contributed by atoms with van der Waals surface area (Å²) in [7, 11) is 0. The molecule has 2 N–H and O–H groups in total. The standard InChI is InChI=1S/C25H23Cl2FN2O2.C23H19Cl2FN2O2.2CH4.Li.H2O/c1-2-32-25(31)23-20-7-5-3-4-6-17(14-16-8-11-19(28)12-9-16)24(20)30(29-23)22-13-10-18(26)15-21(22)27;24-16-8-11-20(19(25)13-16)28-22-15(12-14-6-9-17(26)10-7-14)4-2-1-3-5-18(22)21(27-28)23(29)30;;;;/h8-15H,2-7H2,1H3;6-13H,1-5H2,(H,29,30);2*1H4;;1H2/q;;;;+1;/p-1/b17-14+;15-12+;;;;. The van der Waals surface area contributed by atoms with Gasteiger partial charge in [0.05, 0.1) is 39.4 Å². The maximum Gasteiger partial charge on any atom is 1.00 e. The number of ether oxygens (including phenoxy) is 1. The summed E-state index contributed by atoms with van der Waals surface area (Å²) in [5, 5.41) is 20.7. The molecule has 0 amide bonds. The van der Waals surface area contributed by atoms with Crippen molar-refractivity contribution in [3.63, 3.8) is 0 Å². The molecular weight excluding hydrogens is 923 g/mol. The van der Waals surface area contributed by atoms with Crippen molar-refractivity contribution in [1.82, 2.24) is 19.6 Å². The van der Waals surface area contributed by atoms with E-state index in [1.165, 1.54) is 24.3 Å². The van der Waals surface area contributed by atoms with E-state index >= 15 is 0 Å². The van der Waals surface area contributed by atoms with Crippen molar-refractivity contribution in [2.75, 3.05) is 6.61 Å². The van der Waals surface area contributed by atoms with Gasteiger partial charge in [-0.1, -0.05) is 98.4 Å². The molecule has 2 heterocycles. The van der Waals surface area contributed by atoms with Gasteiger partial charge < -0.3 is 15.3 Å². The van der Waals surface area contributed by atoms with Crippen LogP contribution in [-0.4, -0.2) is 48.7 Å². The summed E-state index contributed by atoms with van der Waals surface area (Å²) in [6.07, 6.45) is 12.7. The number of halogens is 6. The van der Waals surface area contributed by atoms with E-state index in [2.05, 4.69) is 10.2 Å². The Morgan fingerprint density at radius 2 is 1.03 bits per heavy atom. The number of carboxylic acids is 1. The number of hydrogen-bond donors (Lipinski definition) is 1. The summed E-state index contributed by atoms with van der Waals surface area (Å²) in [5.74, 6) is -2.11. The first-order valence-corrected chi connectivity index (χ1v) is 21.9. The van der Waals surface area contributed by atoms with Gasteiger partial charge in [-0.3, -0.25) is 0 Å². The van der Waals surface area contributed by atoms with Gasteiger partial charge in [-0.15, -0.1) is 0 Å².